The number of hydrogen-bond acceptors (Lipinski definition) is 2. The minimum Gasteiger partial charge on any atom is -0.383 e. The van der Waals surface area contributed by atoms with E-state index in [2.05, 4.69) is 137 Å². The first-order chi connectivity index (χ1) is 19.5. The van der Waals surface area contributed by atoms with Gasteiger partial charge in [-0.3, -0.25) is 0 Å². The van der Waals surface area contributed by atoms with Gasteiger partial charge in [0.15, 0.2) is 0 Å². The molecular weight excluding hydrogens is 566 g/mol. The van der Waals surface area contributed by atoms with E-state index in [-0.39, 0.29) is 11.8 Å². The molecule has 4 aromatic rings. The van der Waals surface area contributed by atoms with Gasteiger partial charge in [-0.05, 0) is 94.5 Å². The molecule has 0 aliphatic heterocycles. The average molecular weight is 611 g/mol. The Bertz CT molecular complexity index is 1420. The van der Waals surface area contributed by atoms with Crippen molar-refractivity contribution in [2.45, 2.75) is 79.1 Å². The van der Waals surface area contributed by atoms with Crippen LogP contribution in [0.3, 0.4) is 0 Å². The quantitative estimate of drug-likeness (QED) is 0.151. The van der Waals surface area contributed by atoms with Crippen molar-refractivity contribution in [3.05, 3.63) is 117 Å². The molecule has 0 aliphatic rings. The first-order valence-electron chi connectivity index (χ1n) is 14.7. The van der Waals surface area contributed by atoms with E-state index in [0.717, 1.165) is 32.8 Å². The van der Waals surface area contributed by atoms with Crippen LogP contribution in [0.15, 0.2) is 94.4 Å². The van der Waals surface area contributed by atoms with Gasteiger partial charge in [-0.25, -0.2) is 4.99 Å². The van der Waals surface area contributed by atoms with Crippen LogP contribution >= 0.6 is 15.9 Å². The van der Waals surface area contributed by atoms with Crippen LogP contribution in [0.5, 0.6) is 0 Å². The standard InChI is InChI=1S/C37H44BrN3/c1-23(2)27-12-16-31(17-13-27)41(32-18-14-28(15-19-32)24(3)4)33-21-34(25(5)6)36(35(22-33)26(7)8)40-37(39)29-10-9-11-30(38)20-29/h9-26H,1-8H3,(H2,39,40). The van der Waals surface area contributed by atoms with E-state index in [0.29, 0.717) is 17.7 Å². The maximum atomic E-state index is 6.61. The normalized spacial score (nSPS) is 12.2. The molecule has 41 heavy (non-hydrogen) atoms. The van der Waals surface area contributed by atoms with Crippen LogP contribution in [0.4, 0.5) is 22.7 Å². The molecule has 4 aromatic carbocycles. The summed E-state index contributed by atoms with van der Waals surface area (Å²) in [4.78, 5) is 7.45. The van der Waals surface area contributed by atoms with Crippen molar-refractivity contribution in [1.82, 2.24) is 0 Å². The summed E-state index contributed by atoms with van der Waals surface area (Å²) in [6.07, 6.45) is 0. The third kappa shape index (κ3) is 7.11. The zero-order chi connectivity index (χ0) is 29.8. The fourth-order valence-electron chi connectivity index (χ4n) is 5.10. The first-order valence-corrected chi connectivity index (χ1v) is 15.5. The summed E-state index contributed by atoms with van der Waals surface area (Å²) in [6, 6.07) is 30.6. The fourth-order valence-corrected chi connectivity index (χ4v) is 5.50. The molecule has 0 fully saturated rings. The molecule has 0 spiro atoms. The molecular formula is C37H44BrN3. The van der Waals surface area contributed by atoms with Crippen molar-refractivity contribution in [2.75, 3.05) is 4.90 Å². The molecule has 0 radical (unpaired) electrons. The number of amidine groups is 1. The lowest BCUT2D eigenvalue weighted by molar-refractivity contribution is 0.834. The van der Waals surface area contributed by atoms with Crippen molar-refractivity contribution < 1.29 is 0 Å². The molecule has 0 saturated carbocycles. The van der Waals surface area contributed by atoms with Gasteiger partial charge in [-0.2, -0.15) is 0 Å². The lowest BCUT2D eigenvalue weighted by Crippen LogP contribution is -2.14. The molecule has 0 bridgehead atoms. The molecule has 3 nitrogen and oxygen atoms in total. The second-order valence-corrected chi connectivity index (χ2v) is 13.0. The van der Waals surface area contributed by atoms with Crippen LogP contribution in [0, 0.1) is 0 Å². The van der Waals surface area contributed by atoms with Crippen LogP contribution < -0.4 is 10.6 Å². The molecule has 0 unspecified atom stereocenters. The third-order valence-corrected chi connectivity index (χ3v) is 8.14. The van der Waals surface area contributed by atoms with E-state index in [1.807, 2.05) is 24.3 Å². The van der Waals surface area contributed by atoms with Crippen LogP contribution in [0.2, 0.25) is 0 Å². The van der Waals surface area contributed by atoms with Gasteiger partial charge >= 0.3 is 0 Å². The number of rotatable bonds is 9. The molecule has 4 heteroatoms. The van der Waals surface area contributed by atoms with Gasteiger partial charge in [-0.1, -0.05) is 108 Å². The smallest absolute Gasteiger partial charge is 0.131 e. The Balaban J connectivity index is 1.94. The average Bonchev–Trinajstić information content (AvgIpc) is 2.94. The SMILES string of the molecule is CC(C)c1ccc(N(c2ccc(C(C)C)cc2)c2cc(C(C)C)c(N=C(N)c3cccc(Br)c3)c(C(C)C)c2)cc1. The van der Waals surface area contributed by atoms with Crippen LogP contribution in [-0.2, 0) is 0 Å². The Morgan fingerprint density at radius 1 is 0.610 bits per heavy atom. The summed E-state index contributed by atoms with van der Waals surface area (Å²) < 4.78 is 0.985. The highest BCUT2D eigenvalue weighted by molar-refractivity contribution is 9.10. The first kappa shape index (κ1) is 30.6. The zero-order valence-electron chi connectivity index (χ0n) is 25.7. The predicted octanol–water partition coefficient (Wildman–Crippen LogP) is 11.4. The Kier molecular flexibility index (Phi) is 9.76. The number of anilines is 3. The second-order valence-electron chi connectivity index (χ2n) is 12.1. The number of hydrogen-bond donors (Lipinski definition) is 1. The van der Waals surface area contributed by atoms with E-state index in [9.17, 15) is 0 Å². The zero-order valence-corrected chi connectivity index (χ0v) is 27.3. The highest BCUT2D eigenvalue weighted by atomic mass is 79.9. The highest BCUT2D eigenvalue weighted by Crippen LogP contribution is 2.43. The lowest BCUT2D eigenvalue weighted by Gasteiger charge is -2.29. The molecule has 0 aliphatic carbocycles. The Labute approximate surface area is 255 Å². The minimum absolute atomic E-state index is 0.259. The topological polar surface area (TPSA) is 41.6 Å². The third-order valence-electron chi connectivity index (χ3n) is 7.64. The summed E-state index contributed by atoms with van der Waals surface area (Å²) in [6.45, 7) is 17.9. The number of aliphatic imine (C=N–C) groups is 1. The fraction of sp³-hybridized carbons (Fsp3) is 0.324. The van der Waals surface area contributed by atoms with E-state index in [1.165, 1.54) is 22.3 Å². The summed E-state index contributed by atoms with van der Waals surface area (Å²) >= 11 is 3.57. The van der Waals surface area contributed by atoms with E-state index in [4.69, 9.17) is 10.7 Å². The van der Waals surface area contributed by atoms with Gasteiger partial charge in [0.2, 0.25) is 0 Å². The monoisotopic (exact) mass is 609 g/mol. The van der Waals surface area contributed by atoms with Crippen LogP contribution in [0.1, 0.15) is 107 Å². The van der Waals surface area contributed by atoms with Crippen molar-refractivity contribution in [2.24, 2.45) is 10.7 Å². The number of benzene rings is 4. The molecule has 0 saturated heterocycles. The second kappa shape index (κ2) is 13.1. The predicted molar refractivity (Wildman–Crippen MR) is 182 cm³/mol. The van der Waals surface area contributed by atoms with Gasteiger partial charge in [0.05, 0.1) is 5.69 Å². The molecule has 0 amide bonds. The molecule has 4 rings (SSSR count). The number of nitrogens with two attached hydrogens (primary N) is 1. The van der Waals surface area contributed by atoms with E-state index >= 15 is 0 Å². The maximum Gasteiger partial charge on any atom is 0.131 e. The Morgan fingerprint density at radius 2 is 1.07 bits per heavy atom. The van der Waals surface area contributed by atoms with Crippen molar-refractivity contribution >= 4 is 44.5 Å². The minimum atomic E-state index is 0.259. The molecule has 0 aromatic heterocycles. The van der Waals surface area contributed by atoms with E-state index in [1.54, 1.807) is 0 Å². The molecule has 214 valence electrons. The lowest BCUT2D eigenvalue weighted by atomic mass is 9.91. The summed E-state index contributed by atoms with van der Waals surface area (Å²) in [5.41, 5.74) is 16.9. The summed E-state index contributed by atoms with van der Waals surface area (Å²) in [5, 5.41) is 0. The van der Waals surface area contributed by atoms with Crippen molar-refractivity contribution in [3.8, 4) is 0 Å². The number of nitrogens with zero attached hydrogens (tertiary/aromatic N) is 2. The number of halogens is 1. The van der Waals surface area contributed by atoms with Crippen LogP contribution in [-0.4, -0.2) is 5.84 Å². The van der Waals surface area contributed by atoms with Gasteiger partial charge in [-0.15, -0.1) is 0 Å². The molecule has 2 N–H and O–H groups in total. The van der Waals surface area contributed by atoms with Gasteiger partial charge in [0.25, 0.3) is 0 Å². The highest BCUT2D eigenvalue weighted by Gasteiger charge is 2.21. The summed E-state index contributed by atoms with van der Waals surface area (Å²) in [5.74, 6) is 2.00. The Hall–Kier alpha value is -3.37. The molecule has 0 atom stereocenters. The van der Waals surface area contributed by atoms with Gasteiger partial charge < -0.3 is 10.6 Å². The summed E-state index contributed by atoms with van der Waals surface area (Å²) in [7, 11) is 0. The Morgan fingerprint density at radius 3 is 1.46 bits per heavy atom. The van der Waals surface area contributed by atoms with Crippen molar-refractivity contribution in [1.29, 1.82) is 0 Å². The largest absolute Gasteiger partial charge is 0.383 e. The van der Waals surface area contributed by atoms with Gasteiger partial charge in [0.1, 0.15) is 5.84 Å². The van der Waals surface area contributed by atoms with Gasteiger partial charge in [0, 0.05) is 27.1 Å². The van der Waals surface area contributed by atoms with Crippen LogP contribution in [0.25, 0.3) is 0 Å². The maximum absolute atomic E-state index is 6.61. The van der Waals surface area contributed by atoms with Crippen molar-refractivity contribution in [3.63, 3.8) is 0 Å². The van der Waals surface area contributed by atoms with E-state index < -0.39 is 0 Å². The molecule has 0 heterocycles.